The number of hydrogen-bond acceptors (Lipinski definition) is 6. The van der Waals surface area contributed by atoms with Crippen LogP contribution in [0.1, 0.15) is 25.7 Å². The molecule has 112 valence electrons. The monoisotopic (exact) mass is 300 g/mol. The lowest BCUT2D eigenvalue weighted by Gasteiger charge is -2.28. The van der Waals surface area contributed by atoms with Crippen LogP contribution in [-0.2, 0) is 10.0 Å². The second-order valence-electron chi connectivity index (χ2n) is 5.19. The minimum Gasteiger partial charge on any atom is -0.389 e. The standard InChI is InChI=1S/C12H20N4O3S/c1-16(9-12(17)6-2-3-7-12)20(18,19)10-5-4-8-14-11(10)15-13/h4-5,8,17H,2-3,6-7,9,13H2,1H3,(H,14,15). The molecule has 0 saturated heterocycles. The van der Waals surface area contributed by atoms with E-state index in [2.05, 4.69) is 10.4 Å². The molecule has 1 aromatic rings. The lowest BCUT2D eigenvalue weighted by Crippen LogP contribution is -2.42. The number of anilines is 1. The van der Waals surface area contributed by atoms with Crippen LogP contribution in [0.2, 0.25) is 0 Å². The Kier molecular flexibility index (Phi) is 4.28. The topological polar surface area (TPSA) is 109 Å². The van der Waals surface area contributed by atoms with E-state index in [0.29, 0.717) is 12.8 Å². The number of nitrogens with two attached hydrogens (primary N) is 1. The lowest BCUT2D eigenvalue weighted by atomic mass is 10.0. The van der Waals surface area contributed by atoms with Crippen LogP contribution < -0.4 is 11.3 Å². The number of pyridine rings is 1. The molecule has 0 bridgehead atoms. The van der Waals surface area contributed by atoms with Gasteiger partial charge < -0.3 is 10.5 Å². The van der Waals surface area contributed by atoms with Crippen LogP contribution in [0, 0.1) is 0 Å². The highest BCUT2D eigenvalue weighted by atomic mass is 32.2. The first kappa shape index (κ1) is 15.2. The molecule has 0 atom stereocenters. The average Bonchev–Trinajstić information content (AvgIpc) is 2.85. The summed E-state index contributed by atoms with van der Waals surface area (Å²) >= 11 is 0. The number of nitrogen functional groups attached to an aromatic ring is 1. The summed E-state index contributed by atoms with van der Waals surface area (Å²) in [5.41, 5.74) is 1.35. The van der Waals surface area contributed by atoms with Crippen LogP contribution in [0.25, 0.3) is 0 Å². The summed E-state index contributed by atoms with van der Waals surface area (Å²) in [4.78, 5) is 3.90. The highest BCUT2D eigenvalue weighted by Gasteiger charge is 2.36. The third-order valence-corrected chi connectivity index (χ3v) is 5.48. The number of nitrogens with one attached hydrogen (secondary N) is 1. The van der Waals surface area contributed by atoms with Crippen molar-refractivity contribution in [2.24, 2.45) is 5.84 Å². The van der Waals surface area contributed by atoms with Crippen LogP contribution in [0.3, 0.4) is 0 Å². The molecule has 7 nitrogen and oxygen atoms in total. The fourth-order valence-corrected chi connectivity index (χ4v) is 3.92. The van der Waals surface area contributed by atoms with Crippen molar-refractivity contribution in [2.45, 2.75) is 36.2 Å². The van der Waals surface area contributed by atoms with E-state index in [0.717, 1.165) is 17.1 Å². The van der Waals surface area contributed by atoms with Crippen molar-refractivity contribution in [1.82, 2.24) is 9.29 Å². The smallest absolute Gasteiger partial charge is 0.246 e. The Bertz CT molecular complexity index is 570. The number of rotatable bonds is 5. The molecule has 1 aliphatic carbocycles. The van der Waals surface area contributed by atoms with Crippen molar-refractivity contribution in [1.29, 1.82) is 0 Å². The second kappa shape index (κ2) is 5.65. The van der Waals surface area contributed by atoms with Gasteiger partial charge in [-0.15, -0.1) is 0 Å². The normalized spacial score (nSPS) is 18.4. The van der Waals surface area contributed by atoms with Gasteiger partial charge in [-0.2, -0.15) is 4.31 Å². The summed E-state index contributed by atoms with van der Waals surface area (Å²) in [5, 5.41) is 10.3. The molecule has 1 aromatic heterocycles. The molecule has 0 aliphatic heterocycles. The van der Waals surface area contributed by atoms with Gasteiger partial charge in [0.25, 0.3) is 0 Å². The van der Waals surface area contributed by atoms with Crippen LogP contribution in [0.15, 0.2) is 23.2 Å². The van der Waals surface area contributed by atoms with Gasteiger partial charge >= 0.3 is 0 Å². The van der Waals surface area contributed by atoms with Gasteiger partial charge in [0.1, 0.15) is 4.90 Å². The number of aliphatic hydroxyl groups is 1. The Morgan fingerprint density at radius 3 is 2.75 bits per heavy atom. The number of hydrogen-bond donors (Lipinski definition) is 3. The van der Waals surface area contributed by atoms with E-state index in [1.54, 1.807) is 0 Å². The Morgan fingerprint density at radius 1 is 1.50 bits per heavy atom. The van der Waals surface area contributed by atoms with Gasteiger partial charge in [-0.05, 0) is 25.0 Å². The largest absolute Gasteiger partial charge is 0.389 e. The van der Waals surface area contributed by atoms with Crippen molar-refractivity contribution < 1.29 is 13.5 Å². The zero-order chi connectivity index (χ0) is 14.8. The summed E-state index contributed by atoms with van der Waals surface area (Å²) in [6.07, 6.45) is 4.56. The highest BCUT2D eigenvalue weighted by molar-refractivity contribution is 7.89. The summed E-state index contributed by atoms with van der Waals surface area (Å²) in [5.74, 6) is 5.39. The minimum atomic E-state index is -3.74. The SMILES string of the molecule is CN(CC1(O)CCCC1)S(=O)(=O)c1cccnc1NN. The maximum atomic E-state index is 12.5. The third-order valence-electron chi connectivity index (χ3n) is 3.65. The third kappa shape index (κ3) is 2.93. The van der Waals surface area contributed by atoms with Crippen LogP contribution in [0.4, 0.5) is 5.82 Å². The summed E-state index contributed by atoms with van der Waals surface area (Å²) < 4.78 is 26.2. The number of hydrazine groups is 1. The van der Waals surface area contributed by atoms with Crippen LogP contribution in [0.5, 0.6) is 0 Å². The number of sulfonamides is 1. The first-order chi connectivity index (χ1) is 9.39. The number of likely N-dealkylation sites (N-methyl/N-ethyl adjacent to an activating group) is 1. The molecule has 2 rings (SSSR count). The Labute approximate surface area is 118 Å². The molecule has 4 N–H and O–H groups in total. The van der Waals surface area contributed by atoms with E-state index < -0.39 is 15.6 Å². The Morgan fingerprint density at radius 2 is 2.15 bits per heavy atom. The van der Waals surface area contributed by atoms with Gasteiger partial charge in [0.05, 0.1) is 5.60 Å². The molecule has 0 radical (unpaired) electrons. The lowest BCUT2D eigenvalue weighted by molar-refractivity contribution is 0.0333. The average molecular weight is 300 g/mol. The van der Waals surface area contributed by atoms with E-state index in [4.69, 9.17) is 5.84 Å². The molecule has 0 unspecified atom stereocenters. The quantitative estimate of drug-likeness (QED) is 0.533. The van der Waals surface area contributed by atoms with Crippen molar-refractivity contribution >= 4 is 15.8 Å². The molecule has 0 amide bonds. The van der Waals surface area contributed by atoms with E-state index in [1.807, 2.05) is 0 Å². The van der Waals surface area contributed by atoms with Gasteiger partial charge in [-0.25, -0.2) is 19.2 Å². The molecule has 1 saturated carbocycles. The number of nitrogens with zero attached hydrogens (tertiary/aromatic N) is 2. The molecule has 8 heteroatoms. The summed E-state index contributed by atoms with van der Waals surface area (Å²) in [7, 11) is -2.28. The predicted molar refractivity (Wildman–Crippen MR) is 75.3 cm³/mol. The van der Waals surface area contributed by atoms with Crippen molar-refractivity contribution in [2.75, 3.05) is 19.0 Å². The summed E-state index contributed by atoms with van der Waals surface area (Å²) in [6, 6.07) is 2.97. The van der Waals surface area contributed by atoms with E-state index >= 15 is 0 Å². The van der Waals surface area contributed by atoms with Crippen LogP contribution >= 0.6 is 0 Å². The van der Waals surface area contributed by atoms with E-state index in [1.165, 1.54) is 25.4 Å². The van der Waals surface area contributed by atoms with E-state index in [9.17, 15) is 13.5 Å². The predicted octanol–water partition coefficient (Wildman–Crippen LogP) is 0.293. The zero-order valence-electron chi connectivity index (χ0n) is 11.4. The van der Waals surface area contributed by atoms with Crippen molar-refractivity contribution in [3.8, 4) is 0 Å². The summed E-state index contributed by atoms with van der Waals surface area (Å²) in [6.45, 7) is 0.0776. The van der Waals surface area contributed by atoms with Gasteiger partial charge in [0, 0.05) is 19.8 Å². The Hall–Kier alpha value is -1.22. The molecule has 20 heavy (non-hydrogen) atoms. The van der Waals surface area contributed by atoms with Crippen molar-refractivity contribution in [3.05, 3.63) is 18.3 Å². The first-order valence-electron chi connectivity index (χ1n) is 6.49. The molecule has 0 spiro atoms. The maximum absolute atomic E-state index is 12.5. The first-order valence-corrected chi connectivity index (χ1v) is 7.93. The maximum Gasteiger partial charge on any atom is 0.246 e. The van der Waals surface area contributed by atoms with Gasteiger partial charge in [-0.1, -0.05) is 12.8 Å². The molecular weight excluding hydrogens is 280 g/mol. The zero-order valence-corrected chi connectivity index (χ0v) is 12.2. The highest BCUT2D eigenvalue weighted by Crippen LogP contribution is 2.31. The second-order valence-corrected chi connectivity index (χ2v) is 7.20. The minimum absolute atomic E-state index is 0.00611. The Balaban J connectivity index is 2.25. The molecule has 1 heterocycles. The van der Waals surface area contributed by atoms with Gasteiger partial charge in [-0.3, -0.25) is 0 Å². The van der Waals surface area contributed by atoms with Gasteiger partial charge in [0.15, 0.2) is 5.82 Å². The van der Waals surface area contributed by atoms with E-state index in [-0.39, 0.29) is 17.3 Å². The fraction of sp³-hybridized carbons (Fsp3) is 0.583. The molecule has 0 aromatic carbocycles. The van der Waals surface area contributed by atoms with Gasteiger partial charge in [0.2, 0.25) is 10.0 Å². The molecule has 1 fully saturated rings. The molecular formula is C12H20N4O3S. The number of aromatic nitrogens is 1. The fourth-order valence-electron chi connectivity index (χ4n) is 2.57. The van der Waals surface area contributed by atoms with Crippen LogP contribution in [-0.4, -0.2) is 42.0 Å². The van der Waals surface area contributed by atoms with Crippen molar-refractivity contribution in [3.63, 3.8) is 0 Å². The molecule has 1 aliphatic rings.